The smallest absolute Gasteiger partial charge is 0.337 e. The van der Waals surface area contributed by atoms with E-state index in [0.29, 0.717) is 48.9 Å². The van der Waals surface area contributed by atoms with Gasteiger partial charge >= 0.3 is 5.97 Å². The van der Waals surface area contributed by atoms with E-state index in [2.05, 4.69) is 4.74 Å². The predicted octanol–water partition coefficient (Wildman–Crippen LogP) is 2.37. The van der Waals surface area contributed by atoms with Crippen LogP contribution in [0.25, 0.3) is 10.8 Å². The highest BCUT2D eigenvalue weighted by molar-refractivity contribution is 7.89. The lowest BCUT2D eigenvalue weighted by molar-refractivity contribution is 0.0566. The lowest BCUT2D eigenvalue weighted by Crippen LogP contribution is -2.50. The summed E-state index contributed by atoms with van der Waals surface area (Å²) in [6, 6.07) is 19.4. The first-order chi connectivity index (χ1) is 16.4. The molecule has 0 bridgehead atoms. The third-order valence-electron chi connectivity index (χ3n) is 5.88. The van der Waals surface area contributed by atoms with Crippen LogP contribution in [0.3, 0.4) is 0 Å². The molecule has 1 unspecified atom stereocenters. The molecule has 9 heteroatoms. The zero-order chi connectivity index (χ0) is 24.1. The van der Waals surface area contributed by atoms with Crippen molar-refractivity contribution in [2.24, 2.45) is 0 Å². The molecule has 1 aliphatic rings. The largest absolute Gasteiger partial charge is 0.491 e. The maximum atomic E-state index is 13.1. The van der Waals surface area contributed by atoms with Crippen molar-refractivity contribution >= 4 is 26.8 Å². The number of benzene rings is 3. The van der Waals surface area contributed by atoms with Crippen molar-refractivity contribution in [2.45, 2.75) is 11.0 Å². The number of fused-ring (bicyclic) bond motifs is 1. The predicted molar refractivity (Wildman–Crippen MR) is 128 cm³/mol. The van der Waals surface area contributed by atoms with Crippen LogP contribution >= 0.6 is 0 Å². The average molecular weight is 485 g/mol. The third-order valence-corrected chi connectivity index (χ3v) is 7.77. The van der Waals surface area contributed by atoms with Crippen LogP contribution in [0.2, 0.25) is 0 Å². The molecule has 1 heterocycles. The molecule has 0 radical (unpaired) electrons. The number of hydrogen-bond donors (Lipinski definition) is 1. The second-order valence-corrected chi connectivity index (χ2v) is 10.1. The summed E-state index contributed by atoms with van der Waals surface area (Å²) in [6.07, 6.45) is -0.732. The number of β-amino-alcohol motifs (C(OH)–C–C–N with tert-alkyl or cyclic N) is 1. The zero-order valence-corrected chi connectivity index (χ0v) is 19.8. The molecule has 0 amide bonds. The number of esters is 1. The normalized spacial score (nSPS) is 16.3. The summed E-state index contributed by atoms with van der Waals surface area (Å²) >= 11 is 0. The Kier molecular flexibility index (Phi) is 7.47. The van der Waals surface area contributed by atoms with Gasteiger partial charge in [-0.25, -0.2) is 13.2 Å². The van der Waals surface area contributed by atoms with E-state index in [1.165, 1.54) is 11.4 Å². The number of aliphatic hydroxyl groups excluding tert-OH is 1. The third kappa shape index (κ3) is 5.56. The van der Waals surface area contributed by atoms with Crippen LogP contribution in [0.4, 0.5) is 0 Å². The molecular formula is C25H28N2O6S. The van der Waals surface area contributed by atoms with Crippen LogP contribution < -0.4 is 4.74 Å². The number of nitrogens with zero attached hydrogens (tertiary/aromatic N) is 2. The zero-order valence-electron chi connectivity index (χ0n) is 19.0. The van der Waals surface area contributed by atoms with E-state index in [-0.39, 0.29) is 6.61 Å². The van der Waals surface area contributed by atoms with Gasteiger partial charge in [-0.2, -0.15) is 4.31 Å². The first-order valence-corrected chi connectivity index (χ1v) is 12.5. The Morgan fingerprint density at radius 1 is 0.971 bits per heavy atom. The van der Waals surface area contributed by atoms with Crippen molar-refractivity contribution in [3.8, 4) is 5.75 Å². The summed E-state index contributed by atoms with van der Waals surface area (Å²) < 4.78 is 38.0. The number of hydrogen-bond acceptors (Lipinski definition) is 7. The van der Waals surface area contributed by atoms with Gasteiger partial charge in [0, 0.05) is 32.7 Å². The summed E-state index contributed by atoms with van der Waals surface area (Å²) in [4.78, 5) is 13.8. The van der Waals surface area contributed by atoms with E-state index in [4.69, 9.17) is 4.74 Å². The highest BCUT2D eigenvalue weighted by Gasteiger charge is 2.29. The SMILES string of the molecule is COC(=O)c1ccc(OCC(O)CN2CCN(S(=O)(=O)c3ccc4ccccc4c3)CC2)cc1. The van der Waals surface area contributed by atoms with Gasteiger partial charge in [0.1, 0.15) is 18.5 Å². The molecule has 0 saturated carbocycles. The quantitative estimate of drug-likeness (QED) is 0.491. The molecule has 1 atom stereocenters. The van der Waals surface area contributed by atoms with Gasteiger partial charge in [0.15, 0.2) is 0 Å². The number of carbonyl (C=O) groups excluding carboxylic acids is 1. The van der Waals surface area contributed by atoms with Gasteiger partial charge < -0.3 is 14.6 Å². The first-order valence-electron chi connectivity index (χ1n) is 11.1. The number of methoxy groups -OCH3 is 1. The Morgan fingerprint density at radius 2 is 1.65 bits per heavy atom. The van der Waals surface area contributed by atoms with Crippen LogP contribution in [-0.2, 0) is 14.8 Å². The standard InChI is InChI=1S/C25H28N2O6S/c1-32-25(29)20-6-9-23(10-7-20)33-18-22(28)17-26-12-14-27(15-13-26)34(30,31)24-11-8-19-4-2-3-5-21(19)16-24/h2-11,16,22,28H,12-15,17-18H2,1H3. The van der Waals surface area contributed by atoms with Gasteiger partial charge in [-0.05, 0) is 47.2 Å². The van der Waals surface area contributed by atoms with Gasteiger partial charge in [0.05, 0.1) is 17.6 Å². The summed E-state index contributed by atoms with van der Waals surface area (Å²) in [6.45, 7) is 2.24. The van der Waals surface area contributed by atoms with Crippen molar-refractivity contribution in [3.05, 3.63) is 72.3 Å². The van der Waals surface area contributed by atoms with E-state index in [9.17, 15) is 18.3 Å². The van der Waals surface area contributed by atoms with Crippen LogP contribution in [0, 0.1) is 0 Å². The van der Waals surface area contributed by atoms with Crippen molar-refractivity contribution < 1.29 is 27.8 Å². The number of piperazine rings is 1. The Labute approximate surface area is 199 Å². The second kappa shape index (κ2) is 10.5. The van der Waals surface area contributed by atoms with Gasteiger partial charge in [0.2, 0.25) is 10.0 Å². The minimum Gasteiger partial charge on any atom is -0.491 e. The number of sulfonamides is 1. The van der Waals surface area contributed by atoms with Crippen molar-refractivity contribution in [2.75, 3.05) is 46.4 Å². The maximum absolute atomic E-state index is 13.1. The van der Waals surface area contributed by atoms with Gasteiger partial charge in [0.25, 0.3) is 0 Å². The Bertz CT molecular complexity index is 1240. The van der Waals surface area contributed by atoms with Crippen molar-refractivity contribution in [3.63, 3.8) is 0 Å². The van der Waals surface area contributed by atoms with E-state index >= 15 is 0 Å². The Balaban J connectivity index is 1.27. The fourth-order valence-electron chi connectivity index (χ4n) is 3.98. The minimum absolute atomic E-state index is 0.0904. The number of rotatable bonds is 8. The summed E-state index contributed by atoms with van der Waals surface area (Å²) in [7, 11) is -2.26. The molecule has 4 rings (SSSR count). The number of aliphatic hydroxyl groups is 1. The molecule has 8 nitrogen and oxygen atoms in total. The van der Waals surface area contributed by atoms with Crippen LogP contribution in [0.15, 0.2) is 71.6 Å². The fourth-order valence-corrected chi connectivity index (χ4v) is 5.44. The minimum atomic E-state index is -3.58. The monoisotopic (exact) mass is 484 g/mol. The summed E-state index contributed by atoms with van der Waals surface area (Å²) in [5, 5.41) is 12.3. The second-order valence-electron chi connectivity index (χ2n) is 8.19. The van der Waals surface area contributed by atoms with E-state index in [1.807, 2.05) is 35.2 Å². The highest BCUT2D eigenvalue weighted by Crippen LogP contribution is 2.23. The van der Waals surface area contributed by atoms with E-state index < -0.39 is 22.1 Å². The molecule has 0 spiro atoms. The molecule has 34 heavy (non-hydrogen) atoms. The van der Waals surface area contributed by atoms with Crippen LogP contribution in [0.1, 0.15) is 10.4 Å². The maximum Gasteiger partial charge on any atom is 0.337 e. The number of carbonyl (C=O) groups is 1. The van der Waals surface area contributed by atoms with E-state index in [0.717, 1.165) is 10.8 Å². The van der Waals surface area contributed by atoms with Crippen LogP contribution in [0.5, 0.6) is 5.75 Å². The molecule has 180 valence electrons. The van der Waals surface area contributed by atoms with Crippen LogP contribution in [-0.4, -0.2) is 81.2 Å². The molecule has 1 saturated heterocycles. The van der Waals surface area contributed by atoms with Gasteiger partial charge in [-0.3, -0.25) is 4.90 Å². The molecule has 0 aliphatic carbocycles. The Hall–Kier alpha value is -2.98. The summed E-state index contributed by atoms with van der Waals surface area (Å²) in [5.41, 5.74) is 0.423. The van der Waals surface area contributed by atoms with Crippen molar-refractivity contribution in [1.29, 1.82) is 0 Å². The van der Waals surface area contributed by atoms with Gasteiger partial charge in [-0.1, -0.05) is 30.3 Å². The van der Waals surface area contributed by atoms with E-state index in [1.54, 1.807) is 36.4 Å². The number of ether oxygens (including phenoxy) is 2. The lowest BCUT2D eigenvalue weighted by atomic mass is 10.1. The first kappa shape index (κ1) is 24.2. The topological polar surface area (TPSA) is 96.4 Å². The molecular weight excluding hydrogens is 456 g/mol. The Morgan fingerprint density at radius 3 is 2.32 bits per heavy atom. The average Bonchev–Trinajstić information content (AvgIpc) is 2.87. The molecule has 3 aromatic carbocycles. The van der Waals surface area contributed by atoms with Crippen molar-refractivity contribution in [1.82, 2.24) is 9.21 Å². The molecule has 0 aromatic heterocycles. The lowest BCUT2D eigenvalue weighted by Gasteiger charge is -2.34. The summed E-state index contributed by atoms with van der Waals surface area (Å²) in [5.74, 6) is 0.117. The molecule has 1 N–H and O–H groups in total. The molecule has 1 aliphatic heterocycles. The van der Waals surface area contributed by atoms with Gasteiger partial charge in [-0.15, -0.1) is 0 Å². The fraction of sp³-hybridized carbons (Fsp3) is 0.320. The highest BCUT2D eigenvalue weighted by atomic mass is 32.2. The molecule has 3 aromatic rings. The molecule has 1 fully saturated rings.